The molecule has 1 saturated heterocycles. The number of piperidine rings is 1. The molecule has 0 spiro atoms. The fourth-order valence-corrected chi connectivity index (χ4v) is 2.11. The van der Waals surface area contributed by atoms with Crippen molar-refractivity contribution in [2.75, 3.05) is 6.61 Å². The highest BCUT2D eigenvalue weighted by molar-refractivity contribution is 5.19. The van der Waals surface area contributed by atoms with Gasteiger partial charge in [0.05, 0.1) is 6.61 Å². The monoisotopic (exact) mass is 191 g/mol. The Balaban J connectivity index is 2.04. The van der Waals surface area contributed by atoms with Gasteiger partial charge in [0.25, 0.3) is 0 Å². The van der Waals surface area contributed by atoms with Crippen molar-refractivity contribution in [3.8, 4) is 0 Å². The first-order valence-electron chi connectivity index (χ1n) is 5.32. The summed E-state index contributed by atoms with van der Waals surface area (Å²) in [6.07, 6.45) is 3.48. The maximum Gasteiger partial charge on any atom is 0.0584 e. The third kappa shape index (κ3) is 2.14. The number of benzene rings is 1. The third-order valence-corrected chi connectivity index (χ3v) is 2.90. The maximum absolute atomic E-state index is 9.09. The molecule has 2 heteroatoms. The van der Waals surface area contributed by atoms with E-state index in [0.29, 0.717) is 6.04 Å². The molecule has 0 saturated carbocycles. The van der Waals surface area contributed by atoms with E-state index in [1.165, 1.54) is 18.4 Å². The molecule has 0 aliphatic carbocycles. The Morgan fingerprint density at radius 3 is 2.71 bits per heavy atom. The zero-order chi connectivity index (χ0) is 9.80. The van der Waals surface area contributed by atoms with Crippen LogP contribution in [0.4, 0.5) is 0 Å². The van der Waals surface area contributed by atoms with Gasteiger partial charge < -0.3 is 10.4 Å². The zero-order valence-electron chi connectivity index (χ0n) is 8.32. The molecule has 2 unspecified atom stereocenters. The van der Waals surface area contributed by atoms with Crippen molar-refractivity contribution >= 4 is 0 Å². The molecule has 76 valence electrons. The lowest BCUT2D eigenvalue weighted by molar-refractivity contribution is 0.198. The van der Waals surface area contributed by atoms with Crippen molar-refractivity contribution in [2.45, 2.75) is 31.3 Å². The summed E-state index contributed by atoms with van der Waals surface area (Å²) in [5, 5.41) is 12.6. The Morgan fingerprint density at radius 2 is 2.00 bits per heavy atom. The first-order valence-corrected chi connectivity index (χ1v) is 5.32. The van der Waals surface area contributed by atoms with Crippen LogP contribution in [0.3, 0.4) is 0 Å². The Labute approximate surface area is 85.0 Å². The lowest BCUT2D eigenvalue weighted by Crippen LogP contribution is -2.39. The van der Waals surface area contributed by atoms with Crippen LogP contribution in [-0.2, 0) is 0 Å². The molecule has 2 N–H and O–H groups in total. The number of rotatable bonds is 2. The minimum absolute atomic E-state index is 0.253. The fourth-order valence-electron chi connectivity index (χ4n) is 2.11. The normalized spacial score (nSPS) is 27.5. The molecule has 2 nitrogen and oxygen atoms in total. The van der Waals surface area contributed by atoms with Crippen LogP contribution in [0, 0.1) is 0 Å². The van der Waals surface area contributed by atoms with Crippen molar-refractivity contribution in [1.82, 2.24) is 5.32 Å². The number of hydrogen-bond donors (Lipinski definition) is 2. The molecule has 1 aromatic rings. The molecule has 0 radical (unpaired) electrons. The number of aliphatic hydroxyl groups excluding tert-OH is 1. The quantitative estimate of drug-likeness (QED) is 0.748. The van der Waals surface area contributed by atoms with E-state index in [9.17, 15) is 0 Å². The van der Waals surface area contributed by atoms with Gasteiger partial charge in [-0.2, -0.15) is 0 Å². The van der Waals surface area contributed by atoms with E-state index in [4.69, 9.17) is 5.11 Å². The van der Waals surface area contributed by atoms with Gasteiger partial charge in [0.15, 0.2) is 0 Å². The summed E-state index contributed by atoms with van der Waals surface area (Å²) >= 11 is 0. The van der Waals surface area contributed by atoms with Crippen LogP contribution in [0.25, 0.3) is 0 Å². The van der Waals surface area contributed by atoms with E-state index in [1.807, 2.05) is 6.07 Å². The summed E-state index contributed by atoms with van der Waals surface area (Å²) in [6.45, 7) is 0.253. The highest BCUT2D eigenvalue weighted by atomic mass is 16.3. The van der Waals surface area contributed by atoms with E-state index in [1.54, 1.807) is 0 Å². The number of hydrogen-bond acceptors (Lipinski definition) is 2. The lowest BCUT2D eigenvalue weighted by Gasteiger charge is -2.30. The molecule has 0 bridgehead atoms. The molecule has 0 amide bonds. The SMILES string of the molecule is OCC1CCCC(c2ccccc2)N1. The lowest BCUT2D eigenvalue weighted by atomic mass is 9.94. The fraction of sp³-hybridized carbons (Fsp3) is 0.500. The second-order valence-corrected chi connectivity index (χ2v) is 3.94. The van der Waals surface area contributed by atoms with E-state index >= 15 is 0 Å². The van der Waals surface area contributed by atoms with Gasteiger partial charge in [-0.1, -0.05) is 30.3 Å². The van der Waals surface area contributed by atoms with Gasteiger partial charge in [-0.05, 0) is 24.8 Å². The number of aliphatic hydroxyl groups is 1. The molecule has 14 heavy (non-hydrogen) atoms. The van der Waals surface area contributed by atoms with Crippen LogP contribution in [0.15, 0.2) is 30.3 Å². The van der Waals surface area contributed by atoms with Gasteiger partial charge in [0.1, 0.15) is 0 Å². The van der Waals surface area contributed by atoms with Crippen LogP contribution in [0.2, 0.25) is 0 Å². The standard InChI is InChI=1S/C12H17NO/c14-9-11-7-4-8-12(13-11)10-5-2-1-3-6-10/h1-3,5-6,11-14H,4,7-9H2. The summed E-state index contributed by atoms with van der Waals surface area (Å²) < 4.78 is 0. The van der Waals surface area contributed by atoms with E-state index < -0.39 is 0 Å². The summed E-state index contributed by atoms with van der Waals surface area (Å²) in [6, 6.07) is 11.2. The van der Waals surface area contributed by atoms with Gasteiger partial charge >= 0.3 is 0 Å². The highest BCUT2D eigenvalue weighted by Crippen LogP contribution is 2.24. The van der Waals surface area contributed by atoms with Gasteiger partial charge in [-0.15, -0.1) is 0 Å². The molecular formula is C12H17NO. The summed E-state index contributed by atoms with van der Waals surface area (Å²) in [5.41, 5.74) is 1.34. The van der Waals surface area contributed by atoms with Gasteiger partial charge in [-0.3, -0.25) is 0 Å². The average Bonchev–Trinajstić information content (AvgIpc) is 2.30. The topological polar surface area (TPSA) is 32.3 Å². The van der Waals surface area contributed by atoms with Crippen LogP contribution in [0.1, 0.15) is 30.9 Å². The van der Waals surface area contributed by atoms with Crippen LogP contribution < -0.4 is 5.32 Å². The predicted octanol–water partition coefficient (Wildman–Crippen LogP) is 1.86. The van der Waals surface area contributed by atoms with E-state index in [2.05, 4.69) is 29.6 Å². The summed E-state index contributed by atoms with van der Waals surface area (Å²) in [5.74, 6) is 0. The number of nitrogens with one attached hydrogen (secondary N) is 1. The Bertz CT molecular complexity index is 273. The summed E-state index contributed by atoms with van der Waals surface area (Å²) in [7, 11) is 0. The van der Waals surface area contributed by atoms with E-state index in [-0.39, 0.29) is 12.6 Å². The second-order valence-electron chi connectivity index (χ2n) is 3.94. The van der Waals surface area contributed by atoms with Crippen molar-refractivity contribution in [2.24, 2.45) is 0 Å². The molecule has 1 fully saturated rings. The van der Waals surface area contributed by atoms with E-state index in [0.717, 1.165) is 6.42 Å². The minimum Gasteiger partial charge on any atom is -0.395 e. The molecule has 1 aliphatic heterocycles. The molecule has 2 atom stereocenters. The minimum atomic E-state index is 0.253. The maximum atomic E-state index is 9.09. The Morgan fingerprint density at radius 1 is 1.21 bits per heavy atom. The highest BCUT2D eigenvalue weighted by Gasteiger charge is 2.20. The summed E-state index contributed by atoms with van der Waals surface area (Å²) in [4.78, 5) is 0. The molecule has 1 aromatic carbocycles. The predicted molar refractivity (Wildman–Crippen MR) is 57.0 cm³/mol. The van der Waals surface area contributed by atoms with Crippen molar-refractivity contribution < 1.29 is 5.11 Å². The first kappa shape index (κ1) is 9.69. The van der Waals surface area contributed by atoms with Crippen LogP contribution in [0.5, 0.6) is 0 Å². The van der Waals surface area contributed by atoms with Crippen molar-refractivity contribution in [3.05, 3.63) is 35.9 Å². The molecule has 1 heterocycles. The molecular weight excluding hydrogens is 174 g/mol. The Kier molecular flexibility index (Phi) is 3.17. The van der Waals surface area contributed by atoms with Gasteiger partial charge in [0, 0.05) is 12.1 Å². The molecule has 0 aromatic heterocycles. The van der Waals surface area contributed by atoms with Crippen molar-refractivity contribution in [1.29, 1.82) is 0 Å². The zero-order valence-corrected chi connectivity index (χ0v) is 8.32. The van der Waals surface area contributed by atoms with Gasteiger partial charge in [0.2, 0.25) is 0 Å². The third-order valence-electron chi connectivity index (χ3n) is 2.90. The first-order chi connectivity index (χ1) is 6.90. The smallest absolute Gasteiger partial charge is 0.0584 e. The average molecular weight is 191 g/mol. The van der Waals surface area contributed by atoms with Crippen LogP contribution >= 0.6 is 0 Å². The molecule has 1 aliphatic rings. The van der Waals surface area contributed by atoms with Crippen LogP contribution in [-0.4, -0.2) is 17.8 Å². The Hall–Kier alpha value is -0.860. The molecule has 2 rings (SSSR count). The van der Waals surface area contributed by atoms with Gasteiger partial charge in [-0.25, -0.2) is 0 Å². The van der Waals surface area contributed by atoms with Crippen molar-refractivity contribution in [3.63, 3.8) is 0 Å². The largest absolute Gasteiger partial charge is 0.395 e. The second kappa shape index (κ2) is 4.58.